The number of carboxylic acid groups (broad SMARTS) is 1. The Balaban J connectivity index is 2.20. The van der Waals surface area contributed by atoms with Gasteiger partial charge >= 0.3 is 11.7 Å². The van der Waals surface area contributed by atoms with E-state index in [1.54, 1.807) is 12.1 Å². The number of hydrogen-bond acceptors (Lipinski definition) is 4. The van der Waals surface area contributed by atoms with E-state index in [2.05, 4.69) is 25.9 Å². The molecule has 0 saturated heterocycles. The van der Waals surface area contributed by atoms with Crippen LogP contribution in [0, 0.1) is 0 Å². The summed E-state index contributed by atoms with van der Waals surface area (Å²) in [5.41, 5.74) is -0.153. The highest BCUT2D eigenvalue weighted by Crippen LogP contribution is 2.28. The van der Waals surface area contributed by atoms with Gasteiger partial charge < -0.3 is 14.5 Å². The minimum atomic E-state index is -1.27. The number of halogens is 1. The van der Waals surface area contributed by atoms with E-state index in [0.29, 0.717) is 11.3 Å². The number of rotatable bonds is 2. The first-order valence-electron chi connectivity index (χ1n) is 5.57. The number of H-pyrrole nitrogens is 1. The molecule has 7 heteroatoms. The van der Waals surface area contributed by atoms with E-state index in [9.17, 15) is 9.59 Å². The van der Waals surface area contributed by atoms with Crippen molar-refractivity contribution in [2.24, 2.45) is 0 Å². The SMILES string of the molecule is O=C(O)c1cc(-c2cc3cc(Br)ccc3o2)[nH]c(=O)n1. The fourth-order valence-corrected chi connectivity index (χ4v) is 2.23. The molecule has 0 unspecified atom stereocenters. The molecule has 100 valence electrons. The van der Waals surface area contributed by atoms with E-state index in [1.807, 2.05) is 12.1 Å². The summed E-state index contributed by atoms with van der Waals surface area (Å²) in [6, 6.07) is 8.45. The van der Waals surface area contributed by atoms with E-state index in [1.165, 1.54) is 6.07 Å². The van der Waals surface area contributed by atoms with E-state index < -0.39 is 11.7 Å². The Hall–Kier alpha value is -2.41. The van der Waals surface area contributed by atoms with Crippen LogP contribution in [0.1, 0.15) is 10.5 Å². The number of carbonyl (C=O) groups is 1. The highest BCUT2D eigenvalue weighted by Gasteiger charge is 2.12. The fourth-order valence-electron chi connectivity index (χ4n) is 1.85. The van der Waals surface area contributed by atoms with Gasteiger partial charge in [0.25, 0.3) is 0 Å². The summed E-state index contributed by atoms with van der Waals surface area (Å²) in [6.07, 6.45) is 0. The number of aromatic amines is 1. The molecule has 0 saturated carbocycles. The van der Waals surface area contributed by atoms with Crippen LogP contribution in [0.15, 0.2) is 44.0 Å². The Bertz CT molecular complexity index is 881. The first-order chi connectivity index (χ1) is 9.52. The van der Waals surface area contributed by atoms with Crippen molar-refractivity contribution in [1.82, 2.24) is 9.97 Å². The standard InChI is InChI=1S/C13H7BrN2O4/c14-7-1-2-10-6(3-7)4-11(20-10)8-5-9(12(17)18)16-13(19)15-8/h1-5H,(H,17,18)(H,15,16,19). The zero-order valence-electron chi connectivity index (χ0n) is 9.88. The lowest BCUT2D eigenvalue weighted by Crippen LogP contribution is -2.16. The molecule has 0 aliphatic rings. The number of carboxylic acids is 1. The van der Waals surface area contributed by atoms with Gasteiger partial charge in [0.1, 0.15) is 5.58 Å². The van der Waals surface area contributed by atoms with Crippen LogP contribution < -0.4 is 5.69 Å². The predicted molar refractivity (Wildman–Crippen MR) is 74.7 cm³/mol. The van der Waals surface area contributed by atoms with E-state index in [-0.39, 0.29) is 11.4 Å². The number of fused-ring (bicyclic) bond motifs is 1. The van der Waals surface area contributed by atoms with Crippen LogP contribution in [0.3, 0.4) is 0 Å². The third-order valence-corrected chi connectivity index (χ3v) is 3.20. The van der Waals surface area contributed by atoms with Crippen LogP contribution in [0.2, 0.25) is 0 Å². The second-order valence-electron chi connectivity index (χ2n) is 4.08. The fraction of sp³-hybridized carbons (Fsp3) is 0. The molecule has 0 aliphatic carbocycles. The highest BCUT2D eigenvalue weighted by molar-refractivity contribution is 9.10. The first-order valence-corrected chi connectivity index (χ1v) is 6.36. The molecule has 0 radical (unpaired) electrons. The molecule has 3 rings (SSSR count). The van der Waals surface area contributed by atoms with Gasteiger partial charge in [0.2, 0.25) is 0 Å². The Labute approximate surface area is 120 Å². The van der Waals surface area contributed by atoms with Gasteiger partial charge in [0.05, 0.1) is 5.69 Å². The minimum Gasteiger partial charge on any atom is -0.477 e. The van der Waals surface area contributed by atoms with Crippen molar-refractivity contribution in [3.8, 4) is 11.5 Å². The maximum atomic E-state index is 11.4. The van der Waals surface area contributed by atoms with Gasteiger partial charge in [0, 0.05) is 9.86 Å². The van der Waals surface area contributed by atoms with Gasteiger partial charge in [-0.15, -0.1) is 0 Å². The van der Waals surface area contributed by atoms with Crippen LogP contribution in [0.5, 0.6) is 0 Å². The minimum absolute atomic E-state index is 0.273. The molecule has 20 heavy (non-hydrogen) atoms. The topological polar surface area (TPSA) is 96.2 Å². The summed E-state index contributed by atoms with van der Waals surface area (Å²) in [6.45, 7) is 0. The van der Waals surface area contributed by atoms with Crippen LogP contribution in [-0.2, 0) is 0 Å². The van der Waals surface area contributed by atoms with Gasteiger partial charge in [-0.05, 0) is 30.3 Å². The molecule has 2 N–H and O–H groups in total. The van der Waals surface area contributed by atoms with E-state index in [0.717, 1.165) is 9.86 Å². The Morgan fingerprint density at radius 2 is 2.10 bits per heavy atom. The third-order valence-electron chi connectivity index (χ3n) is 2.71. The van der Waals surface area contributed by atoms with Crippen molar-refractivity contribution in [2.45, 2.75) is 0 Å². The maximum absolute atomic E-state index is 11.4. The Morgan fingerprint density at radius 1 is 1.30 bits per heavy atom. The van der Waals surface area contributed by atoms with Crippen molar-refractivity contribution >= 4 is 32.9 Å². The molecule has 0 aliphatic heterocycles. The van der Waals surface area contributed by atoms with Crippen LogP contribution in [0.25, 0.3) is 22.4 Å². The number of furan rings is 1. The normalized spacial score (nSPS) is 10.8. The molecule has 2 heterocycles. The molecule has 1 aromatic carbocycles. The molecular weight excluding hydrogens is 328 g/mol. The molecule has 0 amide bonds. The summed E-state index contributed by atoms with van der Waals surface area (Å²) in [4.78, 5) is 28.1. The molecule has 6 nitrogen and oxygen atoms in total. The van der Waals surface area contributed by atoms with Gasteiger partial charge in [-0.2, -0.15) is 4.98 Å². The van der Waals surface area contributed by atoms with Gasteiger partial charge in [0.15, 0.2) is 11.5 Å². The smallest absolute Gasteiger partial charge is 0.354 e. The molecule has 3 aromatic rings. The summed E-state index contributed by atoms with van der Waals surface area (Å²) in [5.74, 6) is -0.892. The second-order valence-corrected chi connectivity index (χ2v) is 5.00. The zero-order valence-corrected chi connectivity index (χ0v) is 11.5. The Kier molecular flexibility index (Phi) is 2.90. The van der Waals surface area contributed by atoms with Gasteiger partial charge in [-0.25, -0.2) is 9.59 Å². The average molecular weight is 335 g/mol. The Morgan fingerprint density at radius 3 is 2.85 bits per heavy atom. The number of nitrogens with zero attached hydrogens (tertiary/aromatic N) is 1. The molecule has 0 atom stereocenters. The number of hydrogen-bond donors (Lipinski definition) is 2. The van der Waals surface area contributed by atoms with Crippen molar-refractivity contribution in [3.05, 3.63) is 51.0 Å². The van der Waals surface area contributed by atoms with Crippen LogP contribution in [0.4, 0.5) is 0 Å². The monoisotopic (exact) mass is 334 g/mol. The predicted octanol–water partition coefficient (Wildman–Crippen LogP) is 2.64. The lowest BCUT2D eigenvalue weighted by molar-refractivity contribution is 0.0690. The number of aromatic nitrogens is 2. The van der Waals surface area contributed by atoms with Crippen molar-refractivity contribution in [3.63, 3.8) is 0 Å². The number of benzene rings is 1. The second kappa shape index (κ2) is 4.61. The largest absolute Gasteiger partial charge is 0.477 e. The van der Waals surface area contributed by atoms with Crippen molar-refractivity contribution in [1.29, 1.82) is 0 Å². The van der Waals surface area contributed by atoms with Crippen molar-refractivity contribution in [2.75, 3.05) is 0 Å². The first kappa shape index (κ1) is 12.6. The molecular formula is C13H7BrN2O4. The lowest BCUT2D eigenvalue weighted by Gasteiger charge is -1.97. The van der Waals surface area contributed by atoms with Gasteiger partial charge in [-0.3, -0.25) is 0 Å². The maximum Gasteiger partial charge on any atom is 0.354 e. The quantitative estimate of drug-likeness (QED) is 0.750. The molecule has 0 fully saturated rings. The number of aromatic carboxylic acids is 1. The van der Waals surface area contributed by atoms with Crippen LogP contribution in [-0.4, -0.2) is 21.0 Å². The van der Waals surface area contributed by atoms with Gasteiger partial charge in [-0.1, -0.05) is 15.9 Å². The van der Waals surface area contributed by atoms with Crippen molar-refractivity contribution < 1.29 is 14.3 Å². The van der Waals surface area contributed by atoms with E-state index in [4.69, 9.17) is 9.52 Å². The molecule has 2 aromatic heterocycles. The third kappa shape index (κ3) is 2.23. The highest BCUT2D eigenvalue weighted by atomic mass is 79.9. The number of nitrogens with one attached hydrogen (secondary N) is 1. The molecule has 0 bridgehead atoms. The van der Waals surface area contributed by atoms with E-state index >= 15 is 0 Å². The summed E-state index contributed by atoms with van der Waals surface area (Å²) in [7, 11) is 0. The lowest BCUT2D eigenvalue weighted by atomic mass is 10.2. The summed E-state index contributed by atoms with van der Waals surface area (Å²) >= 11 is 3.35. The zero-order chi connectivity index (χ0) is 14.3. The average Bonchev–Trinajstić information content (AvgIpc) is 2.80. The molecule has 0 spiro atoms. The summed E-state index contributed by atoms with van der Waals surface area (Å²) in [5, 5.41) is 9.74. The summed E-state index contributed by atoms with van der Waals surface area (Å²) < 4.78 is 6.48. The van der Waals surface area contributed by atoms with Crippen LogP contribution >= 0.6 is 15.9 Å².